The number of methoxy groups -OCH3 is 1. The molecule has 0 unspecified atom stereocenters. The molecule has 0 heterocycles. The summed E-state index contributed by atoms with van der Waals surface area (Å²) in [5.74, 6) is 1.00. The molecule has 0 N–H and O–H groups in total. The quantitative estimate of drug-likeness (QED) is 0.768. The van der Waals surface area contributed by atoms with Crippen molar-refractivity contribution in [2.24, 2.45) is 0 Å². The van der Waals surface area contributed by atoms with Crippen LogP contribution < -0.4 is 0 Å². The number of benzene rings is 1. The minimum Gasteiger partial charge on any atom is -0.496 e. The van der Waals surface area contributed by atoms with Gasteiger partial charge in [0.05, 0.1) is 7.11 Å². The van der Waals surface area contributed by atoms with Gasteiger partial charge in [-0.2, -0.15) is 0 Å². The molecular formula is C19H28N2O. The van der Waals surface area contributed by atoms with Crippen molar-refractivity contribution in [2.45, 2.75) is 19.4 Å². The highest BCUT2D eigenvalue weighted by Crippen LogP contribution is 2.29. The van der Waals surface area contributed by atoms with Crippen LogP contribution >= 0.6 is 0 Å². The maximum atomic E-state index is 5.52. The third-order valence-corrected chi connectivity index (χ3v) is 3.95. The van der Waals surface area contributed by atoms with Crippen LogP contribution in [0.15, 0.2) is 42.2 Å². The number of hydrogen-bond acceptors (Lipinski definition) is 3. The smallest absolute Gasteiger partial charge is 0.122 e. The molecule has 0 saturated carbocycles. The Labute approximate surface area is 134 Å². The third kappa shape index (κ3) is 4.72. The number of rotatable bonds is 7. The maximum Gasteiger partial charge on any atom is 0.122 e. The summed E-state index contributed by atoms with van der Waals surface area (Å²) in [4.78, 5) is 4.58. The van der Waals surface area contributed by atoms with E-state index in [0.29, 0.717) is 0 Å². The molecule has 0 aliphatic heterocycles. The molecular weight excluding hydrogens is 272 g/mol. The summed E-state index contributed by atoms with van der Waals surface area (Å²) in [6, 6.07) is 8.81. The van der Waals surface area contributed by atoms with Crippen molar-refractivity contribution in [2.75, 3.05) is 41.3 Å². The minimum atomic E-state index is 0.973. The number of nitrogens with zero attached hydrogens (tertiary/aromatic N) is 2. The molecule has 3 heteroatoms. The topological polar surface area (TPSA) is 15.7 Å². The molecule has 0 amide bonds. The van der Waals surface area contributed by atoms with E-state index in [1.165, 1.54) is 16.7 Å². The summed E-state index contributed by atoms with van der Waals surface area (Å²) < 4.78 is 5.52. The molecule has 1 aliphatic carbocycles. The Morgan fingerprint density at radius 1 is 1.05 bits per heavy atom. The molecule has 0 aromatic heterocycles. The summed E-state index contributed by atoms with van der Waals surface area (Å²) in [7, 11) is 8.16. The number of ether oxygens (including phenoxy) is 1. The molecule has 1 aromatic carbocycles. The SMILES string of the molecule is COC1=CCCC=C1c1cccc(CN(C)CCN(C)C)c1. The van der Waals surface area contributed by atoms with E-state index in [2.05, 4.69) is 67.4 Å². The average Bonchev–Trinajstić information content (AvgIpc) is 2.53. The first-order valence-electron chi connectivity index (χ1n) is 7.97. The van der Waals surface area contributed by atoms with Crippen molar-refractivity contribution >= 4 is 5.57 Å². The van der Waals surface area contributed by atoms with Crippen molar-refractivity contribution in [3.05, 3.63) is 53.3 Å². The zero-order valence-electron chi connectivity index (χ0n) is 14.3. The molecule has 1 aliphatic rings. The van der Waals surface area contributed by atoms with Crippen molar-refractivity contribution < 1.29 is 4.74 Å². The molecule has 0 saturated heterocycles. The molecule has 0 bridgehead atoms. The van der Waals surface area contributed by atoms with E-state index >= 15 is 0 Å². The Kier molecular flexibility index (Phi) is 6.22. The van der Waals surface area contributed by atoms with Gasteiger partial charge in [-0.25, -0.2) is 0 Å². The Balaban J connectivity index is 2.07. The van der Waals surface area contributed by atoms with E-state index in [1.807, 2.05) is 0 Å². The molecule has 1 aromatic rings. The van der Waals surface area contributed by atoms with Crippen molar-refractivity contribution in [3.8, 4) is 0 Å². The van der Waals surface area contributed by atoms with Gasteiger partial charge < -0.3 is 14.5 Å². The number of hydrogen-bond donors (Lipinski definition) is 0. The van der Waals surface area contributed by atoms with E-state index in [9.17, 15) is 0 Å². The van der Waals surface area contributed by atoms with Gasteiger partial charge in [0.25, 0.3) is 0 Å². The third-order valence-electron chi connectivity index (χ3n) is 3.95. The summed E-state index contributed by atoms with van der Waals surface area (Å²) in [6.07, 6.45) is 6.63. The van der Waals surface area contributed by atoms with Gasteiger partial charge in [0.15, 0.2) is 0 Å². The molecule has 22 heavy (non-hydrogen) atoms. The van der Waals surface area contributed by atoms with Crippen LogP contribution in [0.5, 0.6) is 0 Å². The summed E-state index contributed by atoms with van der Waals surface area (Å²) in [6.45, 7) is 3.13. The van der Waals surface area contributed by atoms with E-state index in [4.69, 9.17) is 4.74 Å². The maximum absolute atomic E-state index is 5.52. The van der Waals surface area contributed by atoms with Crippen LogP contribution in [0.4, 0.5) is 0 Å². The lowest BCUT2D eigenvalue weighted by Crippen LogP contribution is -2.28. The predicted octanol–water partition coefficient (Wildman–Crippen LogP) is 3.39. The van der Waals surface area contributed by atoms with Crippen LogP contribution in [0.3, 0.4) is 0 Å². The second-order valence-electron chi connectivity index (χ2n) is 6.21. The predicted molar refractivity (Wildman–Crippen MR) is 93.6 cm³/mol. The highest BCUT2D eigenvalue weighted by molar-refractivity contribution is 5.78. The van der Waals surface area contributed by atoms with E-state index in [-0.39, 0.29) is 0 Å². The highest BCUT2D eigenvalue weighted by Gasteiger charge is 2.12. The first-order valence-corrected chi connectivity index (χ1v) is 7.97. The van der Waals surface area contributed by atoms with E-state index < -0.39 is 0 Å². The van der Waals surface area contributed by atoms with Crippen LogP contribution in [-0.4, -0.2) is 51.1 Å². The second-order valence-corrected chi connectivity index (χ2v) is 6.21. The molecule has 0 spiro atoms. The largest absolute Gasteiger partial charge is 0.496 e. The molecule has 3 nitrogen and oxygen atoms in total. The molecule has 0 atom stereocenters. The Bertz CT molecular complexity index is 546. The zero-order chi connectivity index (χ0) is 15.9. The fraction of sp³-hybridized carbons (Fsp3) is 0.474. The summed E-state index contributed by atoms with van der Waals surface area (Å²) in [5, 5.41) is 0. The minimum absolute atomic E-state index is 0.973. The molecule has 0 fully saturated rings. The monoisotopic (exact) mass is 300 g/mol. The van der Waals surface area contributed by atoms with Gasteiger partial charge in [-0.1, -0.05) is 24.3 Å². The van der Waals surface area contributed by atoms with Crippen LogP contribution in [0.1, 0.15) is 24.0 Å². The van der Waals surface area contributed by atoms with Gasteiger partial charge in [-0.15, -0.1) is 0 Å². The van der Waals surface area contributed by atoms with Gasteiger partial charge >= 0.3 is 0 Å². The number of likely N-dealkylation sites (N-methyl/N-ethyl adjacent to an activating group) is 2. The van der Waals surface area contributed by atoms with Crippen molar-refractivity contribution in [1.82, 2.24) is 9.80 Å². The zero-order valence-corrected chi connectivity index (χ0v) is 14.3. The molecule has 0 radical (unpaired) electrons. The Morgan fingerprint density at radius 3 is 2.55 bits per heavy atom. The lowest BCUT2D eigenvalue weighted by Gasteiger charge is -2.20. The van der Waals surface area contributed by atoms with Crippen LogP contribution in [-0.2, 0) is 11.3 Å². The van der Waals surface area contributed by atoms with Crippen LogP contribution in [0, 0.1) is 0 Å². The standard InChI is InChI=1S/C19H28N2O/c1-20(2)12-13-21(3)15-16-8-7-9-17(14-16)18-10-5-6-11-19(18)22-4/h7-11,14H,5-6,12-13,15H2,1-4H3. The Hall–Kier alpha value is -1.58. The van der Waals surface area contributed by atoms with Crippen molar-refractivity contribution in [3.63, 3.8) is 0 Å². The lowest BCUT2D eigenvalue weighted by molar-refractivity contribution is 0.276. The van der Waals surface area contributed by atoms with E-state index in [1.54, 1.807) is 7.11 Å². The van der Waals surface area contributed by atoms with E-state index in [0.717, 1.165) is 38.2 Å². The first-order chi connectivity index (χ1) is 10.6. The normalized spacial score (nSPS) is 15.0. The average molecular weight is 300 g/mol. The highest BCUT2D eigenvalue weighted by atomic mass is 16.5. The summed E-state index contributed by atoms with van der Waals surface area (Å²) >= 11 is 0. The summed E-state index contributed by atoms with van der Waals surface area (Å²) in [5.41, 5.74) is 3.83. The van der Waals surface area contributed by atoms with Crippen LogP contribution in [0.2, 0.25) is 0 Å². The van der Waals surface area contributed by atoms with Crippen LogP contribution in [0.25, 0.3) is 5.57 Å². The lowest BCUT2D eigenvalue weighted by atomic mass is 9.96. The fourth-order valence-corrected chi connectivity index (χ4v) is 2.70. The van der Waals surface area contributed by atoms with Gasteiger partial charge in [0, 0.05) is 25.2 Å². The first kappa shape index (κ1) is 16.8. The van der Waals surface area contributed by atoms with Gasteiger partial charge in [0.2, 0.25) is 0 Å². The Morgan fingerprint density at radius 2 is 1.82 bits per heavy atom. The number of allylic oxidation sites excluding steroid dienone is 3. The van der Waals surface area contributed by atoms with Gasteiger partial charge in [-0.05, 0) is 57.3 Å². The molecule has 2 rings (SSSR count). The second kappa shape index (κ2) is 8.16. The molecule has 120 valence electrons. The van der Waals surface area contributed by atoms with Gasteiger partial charge in [-0.3, -0.25) is 0 Å². The fourth-order valence-electron chi connectivity index (χ4n) is 2.70. The van der Waals surface area contributed by atoms with Gasteiger partial charge in [0.1, 0.15) is 5.76 Å². The van der Waals surface area contributed by atoms with Crippen molar-refractivity contribution in [1.29, 1.82) is 0 Å².